The molecule has 2 aromatic rings. The van der Waals surface area contributed by atoms with Gasteiger partial charge in [0.05, 0.1) is 10.6 Å². The van der Waals surface area contributed by atoms with Crippen LogP contribution >= 0.6 is 0 Å². The summed E-state index contributed by atoms with van der Waals surface area (Å²) in [7, 11) is 0. The number of nitrogens with two attached hydrogens (primary N) is 1. The lowest BCUT2D eigenvalue weighted by Gasteiger charge is -2.08. The molecular formula is C11H11N5O3. The first-order chi connectivity index (χ1) is 9.02. The van der Waals surface area contributed by atoms with Gasteiger partial charge in [-0.2, -0.15) is 5.10 Å². The summed E-state index contributed by atoms with van der Waals surface area (Å²) < 4.78 is 1.31. The molecule has 8 heteroatoms. The number of amidine groups is 1. The number of rotatable bonds is 3. The topological polar surface area (TPSA) is 120 Å². The van der Waals surface area contributed by atoms with E-state index >= 15 is 0 Å². The highest BCUT2D eigenvalue weighted by atomic mass is 16.6. The number of benzene rings is 1. The fourth-order valence-corrected chi connectivity index (χ4v) is 1.65. The van der Waals surface area contributed by atoms with Gasteiger partial charge in [-0.05, 0) is 19.1 Å². The Morgan fingerprint density at radius 1 is 1.58 bits per heavy atom. The zero-order valence-corrected chi connectivity index (χ0v) is 10.0. The molecule has 98 valence electrons. The molecule has 3 N–H and O–H groups in total. The van der Waals surface area contributed by atoms with Gasteiger partial charge in [0.15, 0.2) is 5.84 Å². The second-order valence-corrected chi connectivity index (χ2v) is 3.91. The third-order valence-electron chi connectivity index (χ3n) is 2.56. The third kappa shape index (κ3) is 2.37. The largest absolute Gasteiger partial charge is 0.409 e. The first-order valence-electron chi connectivity index (χ1n) is 5.31. The molecule has 1 aromatic heterocycles. The quantitative estimate of drug-likeness (QED) is 0.282. The Hall–Kier alpha value is -2.90. The number of aromatic nitrogens is 2. The zero-order valence-electron chi connectivity index (χ0n) is 10.0. The number of aryl methyl sites for hydroxylation is 1. The van der Waals surface area contributed by atoms with Crippen molar-refractivity contribution in [1.82, 2.24) is 9.78 Å². The van der Waals surface area contributed by atoms with Gasteiger partial charge < -0.3 is 10.9 Å². The highest BCUT2D eigenvalue weighted by Crippen LogP contribution is 2.18. The first kappa shape index (κ1) is 12.6. The van der Waals surface area contributed by atoms with E-state index in [9.17, 15) is 10.1 Å². The summed E-state index contributed by atoms with van der Waals surface area (Å²) in [5, 5.41) is 26.3. The van der Waals surface area contributed by atoms with Gasteiger partial charge in [-0.15, -0.1) is 0 Å². The van der Waals surface area contributed by atoms with Crippen molar-refractivity contribution in [3.05, 3.63) is 51.8 Å². The average Bonchev–Trinajstić information content (AvgIpc) is 2.87. The van der Waals surface area contributed by atoms with E-state index in [0.29, 0.717) is 11.3 Å². The summed E-state index contributed by atoms with van der Waals surface area (Å²) >= 11 is 0. The van der Waals surface area contributed by atoms with Crippen LogP contribution in [0.3, 0.4) is 0 Å². The van der Waals surface area contributed by atoms with Crippen LogP contribution in [0.4, 0.5) is 5.69 Å². The molecule has 2 rings (SSSR count). The van der Waals surface area contributed by atoms with Crippen LogP contribution in [-0.4, -0.2) is 25.7 Å². The molecule has 1 aromatic carbocycles. The highest BCUT2D eigenvalue weighted by Gasteiger charge is 2.14. The second kappa shape index (κ2) is 4.77. The number of nitro groups is 1. The van der Waals surface area contributed by atoms with Gasteiger partial charge in [0.2, 0.25) is 0 Å². The lowest BCUT2D eigenvalue weighted by molar-refractivity contribution is -0.384. The standard InChI is InChI=1S/C11H11N5O3/c1-7-2-3-10(9(4-7)11(12)14-17)15-6-8(5-13-15)16(18)19/h2-6,17H,1H3,(H2,12,14). The van der Waals surface area contributed by atoms with Crippen LogP contribution in [0.2, 0.25) is 0 Å². The van der Waals surface area contributed by atoms with Crippen LogP contribution < -0.4 is 5.73 Å². The van der Waals surface area contributed by atoms with Crippen molar-refractivity contribution in [3.63, 3.8) is 0 Å². The van der Waals surface area contributed by atoms with E-state index in [1.807, 2.05) is 6.92 Å². The number of hydrogen-bond donors (Lipinski definition) is 2. The highest BCUT2D eigenvalue weighted by molar-refractivity contribution is 6.00. The molecule has 0 saturated heterocycles. The predicted molar refractivity (Wildman–Crippen MR) is 67.5 cm³/mol. The van der Waals surface area contributed by atoms with Gasteiger partial charge >= 0.3 is 5.69 Å². The van der Waals surface area contributed by atoms with E-state index < -0.39 is 4.92 Å². The fraction of sp³-hybridized carbons (Fsp3) is 0.0909. The minimum absolute atomic E-state index is 0.0862. The summed E-state index contributed by atoms with van der Waals surface area (Å²) in [5.41, 5.74) is 7.31. The lowest BCUT2D eigenvalue weighted by atomic mass is 10.1. The first-order valence-corrected chi connectivity index (χ1v) is 5.31. The number of hydrogen-bond acceptors (Lipinski definition) is 5. The lowest BCUT2D eigenvalue weighted by Crippen LogP contribution is -2.16. The maximum absolute atomic E-state index is 10.6. The van der Waals surface area contributed by atoms with Gasteiger partial charge in [0, 0.05) is 5.56 Å². The fourth-order valence-electron chi connectivity index (χ4n) is 1.65. The van der Waals surface area contributed by atoms with E-state index in [4.69, 9.17) is 10.9 Å². The molecular weight excluding hydrogens is 250 g/mol. The monoisotopic (exact) mass is 261 g/mol. The Morgan fingerprint density at radius 3 is 2.89 bits per heavy atom. The second-order valence-electron chi connectivity index (χ2n) is 3.91. The van der Waals surface area contributed by atoms with Gasteiger partial charge in [-0.3, -0.25) is 10.1 Å². The average molecular weight is 261 g/mol. The van der Waals surface area contributed by atoms with Crippen LogP contribution in [-0.2, 0) is 0 Å². The molecule has 19 heavy (non-hydrogen) atoms. The Kier molecular flexibility index (Phi) is 3.15. The van der Waals surface area contributed by atoms with Crippen LogP contribution in [0.15, 0.2) is 35.7 Å². The molecule has 0 saturated carbocycles. The minimum atomic E-state index is -0.541. The molecule has 0 unspecified atom stereocenters. The van der Waals surface area contributed by atoms with Crippen molar-refractivity contribution in [1.29, 1.82) is 0 Å². The van der Waals surface area contributed by atoms with Crippen molar-refractivity contribution in [2.24, 2.45) is 10.9 Å². The Bertz CT molecular complexity index is 662. The SMILES string of the molecule is Cc1ccc(-n2cc([N+](=O)[O-])cn2)c(/C(N)=N/O)c1. The van der Waals surface area contributed by atoms with Crippen molar-refractivity contribution in [3.8, 4) is 5.69 Å². The van der Waals surface area contributed by atoms with E-state index in [0.717, 1.165) is 11.8 Å². The number of nitrogens with zero attached hydrogens (tertiary/aromatic N) is 4. The van der Waals surface area contributed by atoms with Gasteiger partial charge in [0.1, 0.15) is 12.4 Å². The van der Waals surface area contributed by atoms with E-state index in [1.165, 1.54) is 10.9 Å². The summed E-state index contributed by atoms with van der Waals surface area (Å²) in [5.74, 6) is -0.0862. The van der Waals surface area contributed by atoms with E-state index in [-0.39, 0.29) is 11.5 Å². The molecule has 0 aliphatic heterocycles. The molecule has 0 aliphatic carbocycles. The van der Waals surface area contributed by atoms with Crippen molar-refractivity contribution < 1.29 is 10.1 Å². The van der Waals surface area contributed by atoms with Crippen molar-refractivity contribution in [2.75, 3.05) is 0 Å². The van der Waals surface area contributed by atoms with E-state index in [1.54, 1.807) is 18.2 Å². The predicted octanol–water partition coefficient (Wildman–Crippen LogP) is 1.18. The van der Waals surface area contributed by atoms with E-state index in [2.05, 4.69) is 10.3 Å². The number of oxime groups is 1. The molecule has 0 aliphatic rings. The Morgan fingerprint density at radius 2 is 2.32 bits per heavy atom. The maximum atomic E-state index is 10.6. The molecule has 0 atom stereocenters. The third-order valence-corrected chi connectivity index (χ3v) is 2.56. The molecule has 0 fully saturated rings. The molecule has 0 radical (unpaired) electrons. The smallest absolute Gasteiger partial charge is 0.307 e. The van der Waals surface area contributed by atoms with Crippen molar-refractivity contribution >= 4 is 11.5 Å². The summed E-state index contributed by atoms with van der Waals surface area (Å²) in [6.45, 7) is 1.85. The van der Waals surface area contributed by atoms with Crippen LogP contribution in [0, 0.1) is 17.0 Å². The minimum Gasteiger partial charge on any atom is -0.409 e. The van der Waals surface area contributed by atoms with Crippen molar-refractivity contribution in [2.45, 2.75) is 6.92 Å². The van der Waals surface area contributed by atoms with Crippen LogP contribution in [0.1, 0.15) is 11.1 Å². The molecule has 0 bridgehead atoms. The summed E-state index contributed by atoms with van der Waals surface area (Å²) in [4.78, 5) is 10.1. The van der Waals surface area contributed by atoms with Crippen LogP contribution in [0.25, 0.3) is 5.69 Å². The Balaban J connectivity index is 2.57. The molecule has 8 nitrogen and oxygen atoms in total. The normalized spacial score (nSPS) is 11.5. The molecule has 1 heterocycles. The summed E-state index contributed by atoms with van der Waals surface area (Å²) in [6.07, 6.45) is 2.40. The molecule has 0 amide bonds. The Labute approximate surface area is 107 Å². The zero-order chi connectivity index (χ0) is 14.0. The van der Waals surface area contributed by atoms with Gasteiger partial charge in [0.25, 0.3) is 0 Å². The summed E-state index contributed by atoms with van der Waals surface area (Å²) in [6, 6.07) is 5.20. The molecule has 0 spiro atoms. The van der Waals surface area contributed by atoms with Crippen LogP contribution in [0.5, 0.6) is 0 Å². The maximum Gasteiger partial charge on any atom is 0.307 e. The van der Waals surface area contributed by atoms with Gasteiger partial charge in [-0.25, -0.2) is 4.68 Å². The van der Waals surface area contributed by atoms with Gasteiger partial charge in [-0.1, -0.05) is 16.8 Å².